The maximum Gasteiger partial charge on any atom is 0.240 e. The van der Waals surface area contributed by atoms with E-state index in [9.17, 15) is 8.42 Å². The largest absolute Gasteiger partial charge is 0.493 e. The van der Waals surface area contributed by atoms with Gasteiger partial charge in [-0.05, 0) is 30.9 Å². The van der Waals surface area contributed by atoms with Gasteiger partial charge in [-0.1, -0.05) is 12.8 Å². The molecule has 5 nitrogen and oxygen atoms in total. The fourth-order valence-corrected chi connectivity index (χ4v) is 2.91. The quantitative estimate of drug-likeness (QED) is 0.810. The summed E-state index contributed by atoms with van der Waals surface area (Å²) >= 11 is 0. The molecule has 18 heavy (non-hydrogen) atoms. The summed E-state index contributed by atoms with van der Waals surface area (Å²) < 4.78 is 28.0. The maximum atomic E-state index is 11.2. The average Bonchev–Trinajstić information content (AvgIpc) is 2.77. The Morgan fingerprint density at radius 1 is 1.28 bits per heavy atom. The highest BCUT2D eigenvalue weighted by molar-refractivity contribution is 7.89. The first-order valence-corrected chi connectivity index (χ1v) is 7.56. The molecule has 100 valence electrons. The molecule has 0 aliphatic heterocycles. The van der Waals surface area contributed by atoms with Crippen LogP contribution in [0.4, 0.5) is 5.69 Å². The van der Waals surface area contributed by atoms with E-state index in [1.807, 2.05) is 0 Å². The smallest absolute Gasteiger partial charge is 0.240 e. The van der Waals surface area contributed by atoms with Crippen LogP contribution in [0.1, 0.15) is 25.7 Å². The predicted molar refractivity (Wildman–Crippen MR) is 69.7 cm³/mol. The van der Waals surface area contributed by atoms with Gasteiger partial charge in [-0.25, -0.2) is 13.6 Å². The second-order valence-electron chi connectivity index (χ2n) is 4.71. The highest BCUT2D eigenvalue weighted by Gasteiger charge is 2.16. The number of nitrogen functional groups attached to an aromatic ring is 1. The molecule has 1 saturated carbocycles. The van der Waals surface area contributed by atoms with Crippen molar-refractivity contribution in [1.82, 2.24) is 0 Å². The molecule has 0 amide bonds. The molecule has 0 atom stereocenters. The van der Waals surface area contributed by atoms with Crippen LogP contribution < -0.4 is 15.6 Å². The van der Waals surface area contributed by atoms with Crippen molar-refractivity contribution in [2.24, 2.45) is 11.1 Å². The molecular weight excluding hydrogens is 252 g/mol. The topological polar surface area (TPSA) is 95.4 Å². The van der Waals surface area contributed by atoms with Gasteiger partial charge in [0.2, 0.25) is 10.0 Å². The van der Waals surface area contributed by atoms with E-state index in [1.165, 1.54) is 37.8 Å². The summed E-state index contributed by atoms with van der Waals surface area (Å²) in [5, 5.41) is 5.03. The van der Waals surface area contributed by atoms with Gasteiger partial charge in [0.1, 0.15) is 10.6 Å². The summed E-state index contributed by atoms with van der Waals surface area (Å²) in [5.74, 6) is 1.19. The Bertz CT molecular complexity index is 522. The second kappa shape index (κ2) is 5.16. The van der Waals surface area contributed by atoms with Crippen LogP contribution in [0, 0.1) is 5.92 Å². The summed E-state index contributed by atoms with van der Waals surface area (Å²) in [5.41, 5.74) is 5.78. The molecule has 0 radical (unpaired) electrons. The fourth-order valence-electron chi connectivity index (χ4n) is 2.27. The Balaban J connectivity index is 2.04. The third-order valence-electron chi connectivity index (χ3n) is 3.25. The van der Waals surface area contributed by atoms with Crippen LogP contribution in [-0.4, -0.2) is 15.0 Å². The van der Waals surface area contributed by atoms with Crippen LogP contribution >= 0.6 is 0 Å². The normalized spacial score (nSPS) is 16.9. The lowest BCUT2D eigenvalue weighted by Crippen LogP contribution is -2.14. The van der Waals surface area contributed by atoms with Gasteiger partial charge in [0.25, 0.3) is 0 Å². The fraction of sp³-hybridized carbons (Fsp3) is 0.500. The average molecular weight is 270 g/mol. The molecule has 1 fully saturated rings. The van der Waals surface area contributed by atoms with Gasteiger partial charge in [0.15, 0.2) is 0 Å². The summed E-state index contributed by atoms with van der Waals surface area (Å²) in [4.78, 5) is -0.0595. The lowest BCUT2D eigenvalue weighted by molar-refractivity contribution is 0.252. The van der Waals surface area contributed by atoms with Gasteiger partial charge < -0.3 is 10.5 Å². The number of anilines is 1. The molecule has 0 aromatic heterocycles. The van der Waals surface area contributed by atoms with Crippen LogP contribution in [-0.2, 0) is 10.0 Å². The predicted octanol–water partition coefficient (Wildman–Crippen LogP) is 1.49. The van der Waals surface area contributed by atoms with Crippen LogP contribution in [0.5, 0.6) is 5.75 Å². The van der Waals surface area contributed by atoms with Crippen molar-refractivity contribution in [1.29, 1.82) is 0 Å². The number of ether oxygens (including phenoxy) is 1. The van der Waals surface area contributed by atoms with E-state index in [2.05, 4.69) is 0 Å². The first-order chi connectivity index (χ1) is 8.47. The molecule has 4 N–H and O–H groups in total. The molecule has 1 aliphatic carbocycles. The molecule has 0 unspecified atom stereocenters. The van der Waals surface area contributed by atoms with Crippen LogP contribution in [0.15, 0.2) is 23.1 Å². The van der Waals surface area contributed by atoms with Gasteiger partial charge >= 0.3 is 0 Å². The third kappa shape index (κ3) is 3.14. The van der Waals surface area contributed by atoms with Crippen molar-refractivity contribution in [3.8, 4) is 5.75 Å². The summed E-state index contributed by atoms with van der Waals surface area (Å²) in [6.45, 7) is 0.661. The Kier molecular flexibility index (Phi) is 3.77. The minimum absolute atomic E-state index is 0.0595. The summed E-state index contributed by atoms with van der Waals surface area (Å²) in [7, 11) is -3.76. The standard InChI is InChI=1S/C12H18N2O3S/c13-11-7-10(5-6-12(11)18(14,15)16)17-8-9-3-1-2-4-9/h5-7,9H,1-4,8,13H2,(H2,14,15,16). The third-order valence-corrected chi connectivity index (χ3v) is 4.23. The SMILES string of the molecule is Nc1cc(OCC2CCCC2)ccc1S(N)(=O)=O. The maximum absolute atomic E-state index is 11.2. The van der Waals surface area contributed by atoms with Crippen molar-refractivity contribution >= 4 is 15.7 Å². The van der Waals surface area contributed by atoms with Crippen LogP contribution in [0.25, 0.3) is 0 Å². The Labute approximate surface area is 107 Å². The molecule has 6 heteroatoms. The Morgan fingerprint density at radius 3 is 2.50 bits per heavy atom. The van der Waals surface area contributed by atoms with Crippen molar-refractivity contribution in [3.63, 3.8) is 0 Å². The molecule has 0 bridgehead atoms. The van der Waals surface area contributed by atoms with E-state index >= 15 is 0 Å². The minimum Gasteiger partial charge on any atom is -0.493 e. The summed E-state index contributed by atoms with van der Waals surface area (Å²) in [6.07, 6.45) is 4.93. The molecule has 1 aromatic rings. The van der Waals surface area contributed by atoms with Gasteiger partial charge in [-0.15, -0.1) is 0 Å². The zero-order valence-corrected chi connectivity index (χ0v) is 10.9. The van der Waals surface area contributed by atoms with Gasteiger partial charge in [0, 0.05) is 6.07 Å². The van der Waals surface area contributed by atoms with E-state index < -0.39 is 10.0 Å². The number of benzene rings is 1. The number of nitrogens with two attached hydrogens (primary N) is 2. The van der Waals surface area contributed by atoms with E-state index in [0.717, 1.165) is 0 Å². The molecule has 0 spiro atoms. The van der Waals surface area contributed by atoms with Crippen LogP contribution in [0.3, 0.4) is 0 Å². The number of hydrogen-bond acceptors (Lipinski definition) is 4. The zero-order chi connectivity index (χ0) is 13.2. The monoisotopic (exact) mass is 270 g/mol. The molecule has 0 saturated heterocycles. The number of sulfonamides is 1. The second-order valence-corrected chi connectivity index (χ2v) is 6.24. The Hall–Kier alpha value is -1.27. The van der Waals surface area contributed by atoms with Crippen LogP contribution in [0.2, 0.25) is 0 Å². The van der Waals surface area contributed by atoms with Crippen molar-refractivity contribution in [2.75, 3.05) is 12.3 Å². The number of rotatable bonds is 4. The van der Waals surface area contributed by atoms with Gasteiger partial charge in [-0.2, -0.15) is 0 Å². The van der Waals surface area contributed by atoms with Crippen molar-refractivity contribution < 1.29 is 13.2 Å². The summed E-state index contributed by atoms with van der Waals surface area (Å²) in [6, 6.07) is 4.48. The van der Waals surface area contributed by atoms with E-state index in [0.29, 0.717) is 18.3 Å². The van der Waals surface area contributed by atoms with E-state index in [-0.39, 0.29) is 10.6 Å². The molecular formula is C12H18N2O3S. The highest BCUT2D eigenvalue weighted by Crippen LogP contribution is 2.27. The van der Waals surface area contributed by atoms with Crippen molar-refractivity contribution in [2.45, 2.75) is 30.6 Å². The van der Waals surface area contributed by atoms with E-state index in [4.69, 9.17) is 15.6 Å². The van der Waals surface area contributed by atoms with Gasteiger partial charge in [0.05, 0.1) is 12.3 Å². The van der Waals surface area contributed by atoms with Crippen molar-refractivity contribution in [3.05, 3.63) is 18.2 Å². The van der Waals surface area contributed by atoms with E-state index in [1.54, 1.807) is 6.07 Å². The lowest BCUT2D eigenvalue weighted by atomic mass is 10.1. The molecule has 2 rings (SSSR count). The number of hydrogen-bond donors (Lipinski definition) is 2. The number of primary sulfonamides is 1. The molecule has 1 aromatic carbocycles. The minimum atomic E-state index is -3.76. The highest BCUT2D eigenvalue weighted by atomic mass is 32.2. The Morgan fingerprint density at radius 2 is 1.94 bits per heavy atom. The van der Waals surface area contributed by atoms with Gasteiger partial charge in [-0.3, -0.25) is 0 Å². The zero-order valence-electron chi connectivity index (χ0n) is 10.1. The first-order valence-electron chi connectivity index (χ1n) is 6.02. The lowest BCUT2D eigenvalue weighted by Gasteiger charge is -2.12. The molecule has 1 aliphatic rings. The molecule has 0 heterocycles. The first kappa shape index (κ1) is 13.2.